The molecule has 0 unspecified atom stereocenters. The highest BCUT2D eigenvalue weighted by Crippen LogP contribution is 2.38. The van der Waals surface area contributed by atoms with Crippen molar-refractivity contribution in [1.82, 2.24) is 14.9 Å². The van der Waals surface area contributed by atoms with Gasteiger partial charge in [0.25, 0.3) is 0 Å². The Bertz CT molecular complexity index is 620. The minimum atomic E-state index is 0.617. The van der Waals surface area contributed by atoms with E-state index in [9.17, 15) is 0 Å². The number of rotatable bonds is 5. The highest BCUT2D eigenvalue weighted by molar-refractivity contribution is 7.10. The average Bonchev–Trinajstić information content (AvgIpc) is 3.26. The summed E-state index contributed by atoms with van der Waals surface area (Å²) >= 11 is 1.90. The third-order valence-electron chi connectivity index (χ3n) is 4.24. The smallest absolute Gasteiger partial charge is 0.133 e. The largest absolute Gasteiger partial charge is 0.369 e. The number of hydrogen-bond donors (Lipinski definition) is 1. The first-order valence-corrected chi connectivity index (χ1v) is 8.61. The summed E-state index contributed by atoms with van der Waals surface area (Å²) < 4.78 is 0. The lowest BCUT2D eigenvalue weighted by atomic mass is 10.1. The SMILES string of the molecule is c1cc(NCCN2CCc3sccc3C2)nc(C2CC2)n1. The summed E-state index contributed by atoms with van der Waals surface area (Å²) in [5, 5.41) is 5.66. The van der Waals surface area contributed by atoms with Crippen LogP contribution < -0.4 is 5.32 Å². The molecule has 1 aliphatic carbocycles. The van der Waals surface area contributed by atoms with E-state index in [1.165, 1.54) is 31.4 Å². The zero-order valence-electron chi connectivity index (χ0n) is 12.1. The number of anilines is 1. The molecule has 0 radical (unpaired) electrons. The predicted molar refractivity (Wildman–Crippen MR) is 85.8 cm³/mol. The van der Waals surface area contributed by atoms with Crippen molar-refractivity contribution in [3.8, 4) is 0 Å². The summed E-state index contributed by atoms with van der Waals surface area (Å²) in [5.41, 5.74) is 1.52. The lowest BCUT2D eigenvalue weighted by molar-refractivity contribution is 0.266. The van der Waals surface area contributed by atoms with E-state index in [0.29, 0.717) is 5.92 Å². The van der Waals surface area contributed by atoms with E-state index in [4.69, 9.17) is 0 Å². The van der Waals surface area contributed by atoms with Gasteiger partial charge in [-0.25, -0.2) is 9.97 Å². The number of nitrogens with one attached hydrogen (secondary N) is 1. The molecule has 1 N–H and O–H groups in total. The molecule has 1 saturated carbocycles. The van der Waals surface area contributed by atoms with Crippen LogP contribution >= 0.6 is 11.3 Å². The van der Waals surface area contributed by atoms with E-state index in [1.54, 1.807) is 4.88 Å². The van der Waals surface area contributed by atoms with Crippen molar-refractivity contribution < 1.29 is 0 Å². The normalized spacial score (nSPS) is 18.5. The van der Waals surface area contributed by atoms with Gasteiger partial charge >= 0.3 is 0 Å². The molecule has 0 amide bonds. The van der Waals surface area contributed by atoms with E-state index in [0.717, 1.165) is 31.3 Å². The Hall–Kier alpha value is -1.46. The van der Waals surface area contributed by atoms with E-state index < -0.39 is 0 Å². The fraction of sp³-hybridized carbons (Fsp3) is 0.500. The highest BCUT2D eigenvalue weighted by atomic mass is 32.1. The zero-order valence-corrected chi connectivity index (χ0v) is 12.9. The Morgan fingerprint density at radius 1 is 1.33 bits per heavy atom. The summed E-state index contributed by atoms with van der Waals surface area (Å²) in [5.74, 6) is 2.60. The first-order chi connectivity index (χ1) is 10.4. The van der Waals surface area contributed by atoms with Gasteiger partial charge in [-0.15, -0.1) is 11.3 Å². The predicted octanol–water partition coefficient (Wildman–Crippen LogP) is 2.89. The van der Waals surface area contributed by atoms with Crippen LogP contribution in [-0.2, 0) is 13.0 Å². The van der Waals surface area contributed by atoms with E-state index >= 15 is 0 Å². The molecule has 21 heavy (non-hydrogen) atoms. The second kappa shape index (κ2) is 5.73. The van der Waals surface area contributed by atoms with Crippen LogP contribution in [0.25, 0.3) is 0 Å². The van der Waals surface area contributed by atoms with Crippen molar-refractivity contribution >= 4 is 17.2 Å². The molecule has 0 aromatic carbocycles. The van der Waals surface area contributed by atoms with Gasteiger partial charge in [-0.1, -0.05) is 0 Å². The Morgan fingerprint density at radius 2 is 2.29 bits per heavy atom. The third kappa shape index (κ3) is 3.09. The molecule has 2 aliphatic rings. The van der Waals surface area contributed by atoms with Crippen molar-refractivity contribution in [1.29, 1.82) is 0 Å². The lowest BCUT2D eigenvalue weighted by Crippen LogP contribution is -2.33. The van der Waals surface area contributed by atoms with Gasteiger partial charge < -0.3 is 5.32 Å². The second-order valence-corrected chi connectivity index (χ2v) is 6.90. The second-order valence-electron chi connectivity index (χ2n) is 5.90. The molecule has 2 aromatic heterocycles. The Labute approximate surface area is 129 Å². The molecule has 1 fully saturated rings. The first-order valence-electron chi connectivity index (χ1n) is 7.73. The summed E-state index contributed by atoms with van der Waals surface area (Å²) in [6.45, 7) is 4.28. The number of nitrogens with zero attached hydrogens (tertiary/aromatic N) is 3. The third-order valence-corrected chi connectivity index (χ3v) is 5.26. The van der Waals surface area contributed by atoms with Crippen LogP contribution in [0, 0.1) is 0 Å². The molecule has 110 valence electrons. The minimum Gasteiger partial charge on any atom is -0.369 e. The van der Waals surface area contributed by atoms with Crippen LogP contribution in [-0.4, -0.2) is 34.5 Å². The van der Waals surface area contributed by atoms with Gasteiger partial charge in [0.15, 0.2) is 0 Å². The molecule has 3 heterocycles. The quantitative estimate of drug-likeness (QED) is 0.922. The molecule has 4 rings (SSSR count). The molecular formula is C16H20N4S. The summed E-state index contributed by atoms with van der Waals surface area (Å²) in [6, 6.07) is 4.24. The summed E-state index contributed by atoms with van der Waals surface area (Å²) in [4.78, 5) is 13.1. The van der Waals surface area contributed by atoms with Gasteiger partial charge in [-0.3, -0.25) is 4.90 Å². The fourth-order valence-corrected chi connectivity index (χ4v) is 3.74. The number of fused-ring (bicyclic) bond motifs is 1. The molecule has 0 bridgehead atoms. The summed E-state index contributed by atoms with van der Waals surface area (Å²) in [7, 11) is 0. The Kier molecular flexibility index (Phi) is 3.61. The van der Waals surface area contributed by atoms with Crippen molar-refractivity contribution in [3.05, 3.63) is 40.0 Å². The van der Waals surface area contributed by atoms with Crippen LogP contribution in [0.5, 0.6) is 0 Å². The molecule has 0 spiro atoms. The topological polar surface area (TPSA) is 41.0 Å². The number of hydrogen-bond acceptors (Lipinski definition) is 5. The maximum Gasteiger partial charge on any atom is 0.133 e. The lowest BCUT2D eigenvalue weighted by Gasteiger charge is -2.26. The van der Waals surface area contributed by atoms with Gasteiger partial charge in [0, 0.05) is 43.2 Å². The number of aromatic nitrogens is 2. The molecule has 2 aromatic rings. The minimum absolute atomic E-state index is 0.617. The van der Waals surface area contributed by atoms with Crippen LogP contribution in [0.3, 0.4) is 0 Å². The maximum absolute atomic E-state index is 4.61. The number of thiophene rings is 1. The average molecular weight is 300 g/mol. The van der Waals surface area contributed by atoms with Crippen LogP contribution in [0.15, 0.2) is 23.7 Å². The summed E-state index contributed by atoms with van der Waals surface area (Å²) in [6.07, 6.45) is 5.58. The molecule has 1 aliphatic heterocycles. The van der Waals surface area contributed by atoms with E-state index in [2.05, 4.69) is 31.6 Å². The Morgan fingerprint density at radius 3 is 3.19 bits per heavy atom. The van der Waals surface area contributed by atoms with Gasteiger partial charge in [-0.2, -0.15) is 0 Å². The van der Waals surface area contributed by atoms with Gasteiger partial charge in [0.05, 0.1) is 0 Å². The zero-order chi connectivity index (χ0) is 14.1. The highest BCUT2D eigenvalue weighted by Gasteiger charge is 2.26. The maximum atomic E-state index is 4.61. The van der Waals surface area contributed by atoms with Crippen molar-refractivity contribution in [2.75, 3.05) is 25.0 Å². The molecule has 4 nitrogen and oxygen atoms in total. The molecular weight excluding hydrogens is 280 g/mol. The monoisotopic (exact) mass is 300 g/mol. The molecule has 0 saturated heterocycles. The first kappa shape index (κ1) is 13.2. The van der Waals surface area contributed by atoms with Gasteiger partial charge in [0.2, 0.25) is 0 Å². The van der Waals surface area contributed by atoms with E-state index in [1.807, 2.05) is 23.6 Å². The van der Waals surface area contributed by atoms with Crippen molar-refractivity contribution in [2.24, 2.45) is 0 Å². The Balaban J connectivity index is 1.29. The van der Waals surface area contributed by atoms with Crippen LogP contribution in [0.4, 0.5) is 5.82 Å². The fourth-order valence-electron chi connectivity index (χ4n) is 2.85. The van der Waals surface area contributed by atoms with Crippen molar-refractivity contribution in [2.45, 2.75) is 31.7 Å². The van der Waals surface area contributed by atoms with Crippen LogP contribution in [0.2, 0.25) is 0 Å². The standard InChI is InChI=1S/C16H20N4S/c1-2-12(1)16-18-6-3-15(19-16)17-7-9-20-8-4-14-13(11-20)5-10-21-14/h3,5-6,10,12H,1-2,4,7-9,11H2,(H,17,18,19). The van der Waals surface area contributed by atoms with Gasteiger partial charge in [0.1, 0.15) is 11.6 Å². The van der Waals surface area contributed by atoms with E-state index in [-0.39, 0.29) is 0 Å². The molecule has 0 atom stereocenters. The molecule has 5 heteroatoms. The van der Waals surface area contributed by atoms with Crippen LogP contribution in [0.1, 0.15) is 35.0 Å². The van der Waals surface area contributed by atoms with Crippen molar-refractivity contribution in [3.63, 3.8) is 0 Å². The van der Waals surface area contributed by atoms with Gasteiger partial charge in [-0.05, 0) is 42.3 Å².